The Morgan fingerprint density at radius 3 is 2.74 bits per heavy atom. The van der Waals surface area contributed by atoms with E-state index in [4.69, 9.17) is 0 Å². The van der Waals surface area contributed by atoms with Gasteiger partial charge in [-0.3, -0.25) is 9.48 Å². The SMILES string of the molecule is O=C(CCn1cccn1)NC(CO)c1ccccc1. The molecule has 0 aliphatic heterocycles. The Hall–Kier alpha value is -2.14. The number of carbonyl (C=O) groups is 1. The molecule has 0 spiro atoms. The number of hydrogen-bond acceptors (Lipinski definition) is 3. The van der Waals surface area contributed by atoms with Crippen molar-refractivity contribution in [3.8, 4) is 0 Å². The second-order valence-electron chi connectivity index (χ2n) is 4.23. The van der Waals surface area contributed by atoms with E-state index in [-0.39, 0.29) is 18.6 Å². The first-order chi connectivity index (χ1) is 9.29. The van der Waals surface area contributed by atoms with Crippen molar-refractivity contribution in [2.24, 2.45) is 0 Å². The van der Waals surface area contributed by atoms with Crippen molar-refractivity contribution in [3.63, 3.8) is 0 Å². The number of nitrogens with zero attached hydrogens (tertiary/aromatic N) is 2. The van der Waals surface area contributed by atoms with Crippen molar-refractivity contribution in [1.82, 2.24) is 15.1 Å². The predicted molar refractivity (Wildman–Crippen MR) is 71.3 cm³/mol. The van der Waals surface area contributed by atoms with Crippen LogP contribution in [0.4, 0.5) is 0 Å². The number of aliphatic hydroxyl groups excluding tert-OH is 1. The summed E-state index contributed by atoms with van der Waals surface area (Å²) in [5.41, 5.74) is 0.900. The van der Waals surface area contributed by atoms with Gasteiger partial charge in [0, 0.05) is 25.4 Å². The van der Waals surface area contributed by atoms with Gasteiger partial charge in [-0.1, -0.05) is 30.3 Å². The molecule has 1 aromatic carbocycles. The fourth-order valence-corrected chi connectivity index (χ4v) is 1.84. The topological polar surface area (TPSA) is 67.2 Å². The number of nitrogens with one attached hydrogen (secondary N) is 1. The molecule has 100 valence electrons. The Morgan fingerprint density at radius 2 is 2.11 bits per heavy atom. The Bertz CT molecular complexity index is 497. The average molecular weight is 259 g/mol. The minimum absolute atomic E-state index is 0.0987. The summed E-state index contributed by atoms with van der Waals surface area (Å²) in [6.07, 6.45) is 3.83. The van der Waals surface area contributed by atoms with Crippen LogP contribution in [-0.4, -0.2) is 27.4 Å². The van der Waals surface area contributed by atoms with Crippen molar-refractivity contribution >= 4 is 5.91 Å². The largest absolute Gasteiger partial charge is 0.394 e. The van der Waals surface area contributed by atoms with E-state index >= 15 is 0 Å². The number of carbonyl (C=O) groups excluding carboxylic acids is 1. The Labute approximate surface area is 111 Å². The van der Waals surface area contributed by atoms with Crippen LogP contribution in [0.15, 0.2) is 48.8 Å². The highest BCUT2D eigenvalue weighted by molar-refractivity contribution is 5.76. The fourth-order valence-electron chi connectivity index (χ4n) is 1.84. The second kappa shape index (κ2) is 6.70. The van der Waals surface area contributed by atoms with Gasteiger partial charge in [-0.25, -0.2) is 0 Å². The molecule has 2 aromatic rings. The number of amides is 1. The fraction of sp³-hybridized carbons (Fsp3) is 0.286. The average Bonchev–Trinajstić information content (AvgIpc) is 2.97. The third-order valence-electron chi connectivity index (χ3n) is 2.85. The van der Waals surface area contributed by atoms with Gasteiger partial charge in [0.05, 0.1) is 12.6 Å². The lowest BCUT2D eigenvalue weighted by Gasteiger charge is -2.16. The van der Waals surface area contributed by atoms with Crippen LogP contribution in [0, 0.1) is 0 Å². The third-order valence-corrected chi connectivity index (χ3v) is 2.85. The summed E-state index contributed by atoms with van der Waals surface area (Å²) >= 11 is 0. The molecule has 1 atom stereocenters. The highest BCUT2D eigenvalue weighted by Gasteiger charge is 2.13. The zero-order valence-electron chi connectivity index (χ0n) is 10.6. The number of hydrogen-bond donors (Lipinski definition) is 2. The molecule has 0 aliphatic rings. The van der Waals surface area contributed by atoms with E-state index in [0.717, 1.165) is 5.56 Å². The number of aliphatic hydroxyl groups is 1. The van der Waals surface area contributed by atoms with Gasteiger partial charge in [0.2, 0.25) is 5.91 Å². The molecule has 5 nitrogen and oxygen atoms in total. The molecule has 5 heteroatoms. The molecule has 0 saturated carbocycles. The highest BCUT2D eigenvalue weighted by atomic mass is 16.3. The monoisotopic (exact) mass is 259 g/mol. The zero-order chi connectivity index (χ0) is 13.5. The second-order valence-corrected chi connectivity index (χ2v) is 4.23. The maximum atomic E-state index is 11.8. The van der Waals surface area contributed by atoms with Gasteiger partial charge in [0.15, 0.2) is 0 Å². The lowest BCUT2D eigenvalue weighted by molar-refractivity contribution is -0.122. The van der Waals surface area contributed by atoms with Crippen LogP contribution < -0.4 is 5.32 Å². The molecule has 0 radical (unpaired) electrons. The lowest BCUT2D eigenvalue weighted by Crippen LogP contribution is -2.31. The van der Waals surface area contributed by atoms with E-state index in [1.165, 1.54) is 0 Å². The molecule has 1 amide bonds. The van der Waals surface area contributed by atoms with E-state index in [1.54, 1.807) is 10.9 Å². The Balaban J connectivity index is 1.86. The van der Waals surface area contributed by atoms with Crippen molar-refractivity contribution < 1.29 is 9.90 Å². The summed E-state index contributed by atoms with van der Waals surface area (Å²) in [6.45, 7) is 0.420. The first-order valence-corrected chi connectivity index (χ1v) is 6.22. The van der Waals surface area contributed by atoms with E-state index in [2.05, 4.69) is 10.4 Å². The Kier molecular flexibility index (Phi) is 4.69. The van der Waals surface area contributed by atoms with Gasteiger partial charge in [-0.2, -0.15) is 5.10 Å². The van der Waals surface area contributed by atoms with Crippen LogP contribution in [0.25, 0.3) is 0 Å². The minimum Gasteiger partial charge on any atom is -0.394 e. The van der Waals surface area contributed by atoms with Crippen molar-refractivity contribution in [2.45, 2.75) is 19.0 Å². The maximum absolute atomic E-state index is 11.8. The smallest absolute Gasteiger partial charge is 0.222 e. The van der Waals surface area contributed by atoms with Crippen LogP contribution in [0.2, 0.25) is 0 Å². The maximum Gasteiger partial charge on any atom is 0.222 e. The van der Waals surface area contributed by atoms with E-state index in [9.17, 15) is 9.90 Å². The van der Waals surface area contributed by atoms with Gasteiger partial charge >= 0.3 is 0 Å². The van der Waals surface area contributed by atoms with Gasteiger partial charge in [-0.05, 0) is 11.6 Å². The van der Waals surface area contributed by atoms with Crippen molar-refractivity contribution in [3.05, 3.63) is 54.4 Å². The van der Waals surface area contributed by atoms with E-state index in [0.29, 0.717) is 13.0 Å². The van der Waals surface area contributed by atoms with Gasteiger partial charge in [0.25, 0.3) is 0 Å². The first-order valence-electron chi connectivity index (χ1n) is 6.22. The standard InChI is InChI=1S/C14H17N3O2/c18-11-13(12-5-2-1-3-6-12)16-14(19)7-10-17-9-4-8-15-17/h1-6,8-9,13,18H,7,10-11H2,(H,16,19). The zero-order valence-corrected chi connectivity index (χ0v) is 10.6. The van der Waals surface area contributed by atoms with Crippen LogP contribution in [0.5, 0.6) is 0 Å². The number of benzene rings is 1. The molecule has 0 fully saturated rings. The molecule has 1 unspecified atom stereocenters. The summed E-state index contributed by atoms with van der Waals surface area (Å²) in [5.74, 6) is -0.0987. The van der Waals surface area contributed by atoms with Gasteiger partial charge < -0.3 is 10.4 Å². The lowest BCUT2D eigenvalue weighted by atomic mass is 10.1. The van der Waals surface area contributed by atoms with Crippen LogP contribution in [0.3, 0.4) is 0 Å². The quantitative estimate of drug-likeness (QED) is 0.817. The number of aryl methyl sites for hydroxylation is 1. The molecule has 0 aliphatic carbocycles. The summed E-state index contributed by atoms with van der Waals surface area (Å²) in [7, 11) is 0. The molecule has 2 rings (SSSR count). The normalized spacial score (nSPS) is 12.1. The molecule has 1 heterocycles. The summed E-state index contributed by atoms with van der Waals surface area (Å²) < 4.78 is 1.70. The van der Waals surface area contributed by atoms with E-state index < -0.39 is 0 Å². The third kappa shape index (κ3) is 3.93. The summed E-state index contributed by atoms with van der Waals surface area (Å²) in [6, 6.07) is 10.9. The molecule has 0 saturated heterocycles. The molecule has 1 aromatic heterocycles. The number of aromatic nitrogens is 2. The van der Waals surface area contributed by atoms with Gasteiger partial charge in [0.1, 0.15) is 0 Å². The summed E-state index contributed by atoms with van der Waals surface area (Å²) in [5, 5.41) is 16.2. The van der Waals surface area contributed by atoms with Gasteiger partial charge in [-0.15, -0.1) is 0 Å². The molecular formula is C14H17N3O2. The van der Waals surface area contributed by atoms with Crippen LogP contribution in [0.1, 0.15) is 18.0 Å². The van der Waals surface area contributed by atoms with E-state index in [1.807, 2.05) is 42.6 Å². The highest BCUT2D eigenvalue weighted by Crippen LogP contribution is 2.11. The minimum atomic E-state index is -0.355. The number of rotatable bonds is 6. The molecule has 0 bridgehead atoms. The van der Waals surface area contributed by atoms with Crippen molar-refractivity contribution in [2.75, 3.05) is 6.61 Å². The molecular weight excluding hydrogens is 242 g/mol. The Morgan fingerprint density at radius 1 is 1.32 bits per heavy atom. The predicted octanol–water partition coefficient (Wildman–Crippen LogP) is 1.12. The first kappa shape index (κ1) is 13.3. The molecule has 19 heavy (non-hydrogen) atoms. The van der Waals surface area contributed by atoms with Crippen LogP contribution >= 0.6 is 0 Å². The molecule has 2 N–H and O–H groups in total. The van der Waals surface area contributed by atoms with Crippen molar-refractivity contribution in [1.29, 1.82) is 0 Å². The van der Waals surface area contributed by atoms with Crippen LogP contribution in [-0.2, 0) is 11.3 Å². The summed E-state index contributed by atoms with van der Waals surface area (Å²) in [4.78, 5) is 11.8.